The lowest BCUT2D eigenvalue weighted by Gasteiger charge is -2.18. The van der Waals surface area contributed by atoms with E-state index in [9.17, 15) is 8.42 Å². The van der Waals surface area contributed by atoms with Crippen molar-refractivity contribution in [2.45, 2.75) is 32.6 Å². The molecule has 1 heterocycles. The van der Waals surface area contributed by atoms with E-state index in [2.05, 4.69) is 4.98 Å². The Morgan fingerprint density at radius 1 is 1.53 bits per heavy atom. The van der Waals surface area contributed by atoms with Crippen molar-refractivity contribution in [2.75, 3.05) is 7.05 Å². The molecule has 0 atom stereocenters. The number of aryl methyl sites for hydroxylation is 1. The predicted octanol–water partition coefficient (Wildman–Crippen LogP) is 1.62. The summed E-state index contributed by atoms with van der Waals surface area (Å²) in [5.74, 6) is 0. The van der Waals surface area contributed by atoms with Crippen LogP contribution in [0.25, 0.3) is 0 Å². The first-order chi connectivity index (χ1) is 6.84. The van der Waals surface area contributed by atoms with Crippen LogP contribution in [0.4, 0.5) is 0 Å². The summed E-state index contributed by atoms with van der Waals surface area (Å²) in [6.07, 6.45) is 0. The lowest BCUT2D eigenvalue weighted by molar-refractivity contribution is 0.456. The van der Waals surface area contributed by atoms with E-state index in [1.165, 1.54) is 15.6 Å². The maximum atomic E-state index is 11.7. The van der Waals surface area contributed by atoms with Gasteiger partial charge in [-0.3, -0.25) is 0 Å². The molecule has 0 spiro atoms. The van der Waals surface area contributed by atoms with Crippen LogP contribution in [0.3, 0.4) is 0 Å². The van der Waals surface area contributed by atoms with Crippen LogP contribution in [0, 0.1) is 6.92 Å². The molecule has 86 valence electrons. The Morgan fingerprint density at radius 2 is 2.13 bits per heavy atom. The van der Waals surface area contributed by atoms with Crippen LogP contribution in [0.15, 0.2) is 5.38 Å². The quantitative estimate of drug-likeness (QED) is 0.813. The fraction of sp³-hybridized carbons (Fsp3) is 0.667. The van der Waals surface area contributed by atoms with Gasteiger partial charge >= 0.3 is 0 Å². The second-order valence-electron chi connectivity index (χ2n) is 3.71. The first-order valence-corrected chi connectivity index (χ1v) is 7.08. The van der Waals surface area contributed by atoms with Gasteiger partial charge in [-0.05, 0) is 20.8 Å². The van der Waals surface area contributed by atoms with Gasteiger partial charge in [0.15, 0.2) is 0 Å². The molecule has 4 nitrogen and oxygen atoms in total. The molecule has 1 aromatic rings. The van der Waals surface area contributed by atoms with Crippen LogP contribution >= 0.6 is 11.3 Å². The van der Waals surface area contributed by atoms with Crippen molar-refractivity contribution in [3.63, 3.8) is 0 Å². The maximum absolute atomic E-state index is 11.7. The zero-order valence-electron chi connectivity index (χ0n) is 9.39. The van der Waals surface area contributed by atoms with E-state index in [1.54, 1.807) is 20.9 Å². The fourth-order valence-electron chi connectivity index (χ4n) is 1.16. The molecule has 0 aliphatic heterocycles. The van der Waals surface area contributed by atoms with Crippen molar-refractivity contribution in [3.05, 3.63) is 16.1 Å². The summed E-state index contributed by atoms with van der Waals surface area (Å²) < 4.78 is 24.8. The third kappa shape index (κ3) is 2.99. The van der Waals surface area contributed by atoms with Gasteiger partial charge in [-0.25, -0.2) is 13.4 Å². The van der Waals surface area contributed by atoms with E-state index >= 15 is 0 Å². The summed E-state index contributed by atoms with van der Waals surface area (Å²) in [7, 11) is -1.58. The summed E-state index contributed by atoms with van der Waals surface area (Å²) in [6.45, 7) is 5.62. The van der Waals surface area contributed by atoms with Gasteiger partial charge in [-0.2, -0.15) is 4.31 Å². The number of rotatable bonds is 4. The summed E-state index contributed by atoms with van der Waals surface area (Å²) in [5.41, 5.74) is 0.809. The molecule has 0 saturated heterocycles. The van der Waals surface area contributed by atoms with Gasteiger partial charge < -0.3 is 0 Å². The molecule has 0 amide bonds. The minimum Gasteiger partial charge on any atom is -0.245 e. The highest BCUT2D eigenvalue weighted by Gasteiger charge is 2.22. The third-order valence-electron chi connectivity index (χ3n) is 2.08. The van der Waals surface area contributed by atoms with Crippen molar-refractivity contribution in [2.24, 2.45) is 0 Å². The van der Waals surface area contributed by atoms with E-state index in [0.717, 1.165) is 10.7 Å². The normalized spacial score (nSPS) is 12.7. The Balaban J connectivity index is 2.76. The molecule has 0 fully saturated rings. The van der Waals surface area contributed by atoms with Gasteiger partial charge in [0.05, 0.1) is 22.5 Å². The van der Waals surface area contributed by atoms with E-state index in [-0.39, 0.29) is 5.25 Å². The van der Waals surface area contributed by atoms with Crippen LogP contribution in [0.2, 0.25) is 0 Å². The fourth-order valence-corrected chi connectivity index (χ4v) is 2.79. The van der Waals surface area contributed by atoms with E-state index in [4.69, 9.17) is 0 Å². The number of hydrogen-bond acceptors (Lipinski definition) is 4. The zero-order chi connectivity index (χ0) is 11.6. The molecule has 6 heteroatoms. The SMILES string of the molecule is Cc1nc(CN(C)S(=O)(=O)C(C)C)cs1. The molecule has 0 aromatic carbocycles. The number of sulfonamides is 1. The smallest absolute Gasteiger partial charge is 0.216 e. The number of hydrogen-bond donors (Lipinski definition) is 0. The first-order valence-electron chi connectivity index (χ1n) is 4.70. The molecule has 0 unspecified atom stereocenters. The average molecular weight is 248 g/mol. The lowest BCUT2D eigenvalue weighted by Crippen LogP contribution is -2.32. The van der Waals surface area contributed by atoms with Crippen molar-refractivity contribution in [1.82, 2.24) is 9.29 Å². The maximum Gasteiger partial charge on any atom is 0.216 e. The molecule has 0 saturated carbocycles. The number of thiazole rings is 1. The molecule has 0 N–H and O–H groups in total. The minimum atomic E-state index is -3.17. The highest BCUT2D eigenvalue weighted by Crippen LogP contribution is 2.13. The monoisotopic (exact) mass is 248 g/mol. The second kappa shape index (κ2) is 4.59. The summed E-state index contributed by atoms with van der Waals surface area (Å²) in [5, 5.41) is 2.46. The lowest BCUT2D eigenvalue weighted by atomic mass is 10.5. The molecule has 0 aliphatic rings. The Bertz CT molecular complexity index is 423. The van der Waals surface area contributed by atoms with Crippen molar-refractivity contribution in [3.8, 4) is 0 Å². The Kier molecular flexibility index (Phi) is 3.86. The Morgan fingerprint density at radius 3 is 2.53 bits per heavy atom. The van der Waals surface area contributed by atoms with Gasteiger partial charge in [-0.1, -0.05) is 0 Å². The molecular weight excluding hydrogens is 232 g/mol. The van der Waals surface area contributed by atoms with Crippen molar-refractivity contribution in [1.29, 1.82) is 0 Å². The molecule has 1 aromatic heterocycles. The number of aromatic nitrogens is 1. The van der Waals surface area contributed by atoms with Crippen molar-refractivity contribution < 1.29 is 8.42 Å². The van der Waals surface area contributed by atoms with Crippen LogP contribution in [0.5, 0.6) is 0 Å². The summed E-state index contributed by atoms with van der Waals surface area (Å²) in [6, 6.07) is 0. The van der Waals surface area contributed by atoms with Crippen LogP contribution in [-0.2, 0) is 16.6 Å². The van der Waals surface area contributed by atoms with Crippen LogP contribution < -0.4 is 0 Å². The van der Waals surface area contributed by atoms with Gasteiger partial charge in [0, 0.05) is 12.4 Å². The van der Waals surface area contributed by atoms with Crippen molar-refractivity contribution >= 4 is 21.4 Å². The average Bonchev–Trinajstić information content (AvgIpc) is 2.50. The zero-order valence-corrected chi connectivity index (χ0v) is 11.0. The highest BCUT2D eigenvalue weighted by molar-refractivity contribution is 7.89. The number of nitrogens with zero attached hydrogens (tertiary/aromatic N) is 2. The van der Waals surface area contributed by atoms with Gasteiger partial charge in [0.25, 0.3) is 0 Å². The van der Waals surface area contributed by atoms with Gasteiger partial charge in [0.2, 0.25) is 10.0 Å². The second-order valence-corrected chi connectivity index (χ2v) is 7.37. The van der Waals surface area contributed by atoms with Crippen LogP contribution in [-0.4, -0.2) is 30.0 Å². The molecular formula is C9H16N2O2S2. The molecule has 1 rings (SSSR count). The Labute approximate surface area is 95.0 Å². The molecule has 15 heavy (non-hydrogen) atoms. The standard InChI is InChI=1S/C9H16N2O2S2/c1-7(2)15(12,13)11(4)5-9-6-14-8(3)10-9/h6-7H,5H2,1-4H3. The van der Waals surface area contributed by atoms with Gasteiger partial charge in [0.1, 0.15) is 0 Å². The summed E-state index contributed by atoms with van der Waals surface area (Å²) in [4.78, 5) is 4.24. The van der Waals surface area contributed by atoms with E-state index in [0.29, 0.717) is 6.54 Å². The first kappa shape index (κ1) is 12.6. The summed E-state index contributed by atoms with van der Waals surface area (Å²) >= 11 is 1.53. The Hall–Kier alpha value is -0.460. The van der Waals surface area contributed by atoms with E-state index in [1.807, 2.05) is 12.3 Å². The highest BCUT2D eigenvalue weighted by atomic mass is 32.2. The van der Waals surface area contributed by atoms with Gasteiger partial charge in [-0.15, -0.1) is 11.3 Å². The minimum absolute atomic E-state index is 0.352. The van der Waals surface area contributed by atoms with Crippen LogP contribution in [0.1, 0.15) is 24.5 Å². The predicted molar refractivity (Wildman–Crippen MR) is 62.4 cm³/mol. The molecule has 0 radical (unpaired) electrons. The topological polar surface area (TPSA) is 50.3 Å². The molecule has 0 aliphatic carbocycles. The van der Waals surface area contributed by atoms with E-state index < -0.39 is 10.0 Å². The third-order valence-corrected chi connectivity index (χ3v) is 5.09. The molecule has 0 bridgehead atoms. The largest absolute Gasteiger partial charge is 0.245 e.